The molecule has 0 aliphatic rings. The van der Waals surface area contributed by atoms with E-state index in [9.17, 15) is 4.79 Å². The van der Waals surface area contributed by atoms with Crippen molar-refractivity contribution in [1.29, 1.82) is 0 Å². The molecule has 4 aromatic rings. The van der Waals surface area contributed by atoms with E-state index in [0.717, 1.165) is 28.0 Å². The van der Waals surface area contributed by atoms with Crippen molar-refractivity contribution < 1.29 is 4.79 Å². The van der Waals surface area contributed by atoms with E-state index >= 15 is 0 Å². The molecule has 2 N–H and O–H groups in total. The lowest BCUT2D eigenvalue weighted by Gasteiger charge is -2.11. The first-order valence-electron chi connectivity index (χ1n) is 8.81. The molecule has 0 saturated heterocycles. The quantitative estimate of drug-likeness (QED) is 0.560. The molecule has 2 aromatic carbocycles. The highest BCUT2D eigenvalue weighted by molar-refractivity contribution is 5.89. The van der Waals surface area contributed by atoms with Gasteiger partial charge in [0, 0.05) is 30.8 Å². The molecular formula is C22H20N4O. The Labute approximate surface area is 157 Å². The summed E-state index contributed by atoms with van der Waals surface area (Å²) in [5.74, 6) is 0. The maximum absolute atomic E-state index is 12.2. The summed E-state index contributed by atoms with van der Waals surface area (Å²) in [7, 11) is 0. The molecule has 0 fully saturated rings. The van der Waals surface area contributed by atoms with Crippen LogP contribution < -0.4 is 10.6 Å². The average molecular weight is 356 g/mol. The SMILES string of the molecule is Cc1cc(NC(=O)NCc2ccn3ccnc3c2)ccc1-c1ccccc1. The Morgan fingerprint density at radius 2 is 1.89 bits per heavy atom. The Balaban J connectivity index is 1.39. The highest BCUT2D eigenvalue weighted by Crippen LogP contribution is 2.25. The van der Waals surface area contributed by atoms with Gasteiger partial charge in [0.25, 0.3) is 0 Å². The van der Waals surface area contributed by atoms with Crippen LogP contribution in [0.3, 0.4) is 0 Å². The van der Waals surface area contributed by atoms with Crippen molar-refractivity contribution in [3.05, 3.63) is 90.4 Å². The van der Waals surface area contributed by atoms with Gasteiger partial charge < -0.3 is 15.0 Å². The molecule has 0 atom stereocenters. The first kappa shape index (κ1) is 16.8. The summed E-state index contributed by atoms with van der Waals surface area (Å²) in [5, 5.41) is 5.78. The largest absolute Gasteiger partial charge is 0.334 e. The summed E-state index contributed by atoms with van der Waals surface area (Å²) < 4.78 is 1.93. The molecule has 134 valence electrons. The number of fused-ring (bicyclic) bond motifs is 1. The molecule has 5 nitrogen and oxygen atoms in total. The molecule has 0 aliphatic carbocycles. The second kappa shape index (κ2) is 7.33. The third kappa shape index (κ3) is 3.82. The number of carbonyl (C=O) groups is 1. The molecule has 2 aromatic heterocycles. The van der Waals surface area contributed by atoms with Gasteiger partial charge in [-0.1, -0.05) is 36.4 Å². The fourth-order valence-corrected chi connectivity index (χ4v) is 3.10. The number of aryl methyl sites for hydroxylation is 1. The standard InChI is InChI=1S/C22H20N4O/c1-16-13-19(7-8-20(16)18-5-3-2-4-6-18)25-22(27)24-15-17-9-11-26-12-10-23-21(26)14-17/h2-14H,15H2,1H3,(H2,24,25,27). The molecule has 2 amide bonds. The first-order chi connectivity index (χ1) is 13.2. The summed E-state index contributed by atoms with van der Waals surface area (Å²) in [5.41, 5.74) is 6.08. The van der Waals surface area contributed by atoms with Crippen LogP contribution in [0.4, 0.5) is 10.5 Å². The van der Waals surface area contributed by atoms with Crippen LogP contribution in [0.2, 0.25) is 0 Å². The van der Waals surface area contributed by atoms with Gasteiger partial charge in [0.2, 0.25) is 0 Å². The maximum Gasteiger partial charge on any atom is 0.319 e. The van der Waals surface area contributed by atoms with Gasteiger partial charge in [0.1, 0.15) is 5.65 Å². The van der Waals surface area contributed by atoms with Crippen molar-refractivity contribution in [2.75, 3.05) is 5.32 Å². The van der Waals surface area contributed by atoms with Crippen LogP contribution in [-0.4, -0.2) is 15.4 Å². The fourth-order valence-electron chi connectivity index (χ4n) is 3.10. The predicted molar refractivity (Wildman–Crippen MR) is 108 cm³/mol. The van der Waals surface area contributed by atoms with E-state index < -0.39 is 0 Å². The van der Waals surface area contributed by atoms with Crippen molar-refractivity contribution >= 4 is 17.4 Å². The van der Waals surface area contributed by atoms with Crippen molar-refractivity contribution in [3.63, 3.8) is 0 Å². The molecule has 0 bridgehead atoms. The summed E-state index contributed by atoms with van der Waals surface area (Å²) in [6, 6.07) is 19.8. The van der Waals surface area contributed by atoms with Crippen LogP contribution in [0.25, 0.3) is 16.8 Å². The molecule has 0 spiro atoms. The maximum atomic E-state index is 12.2. The molecule has 0 saturated carbocycles. The van der Waals surface area contributed by atoms with Crippen molar-refractivity contribution in [3.8, 4) is 11.1 Å². The van der Waals surface area contributed by atoms with Gasteiger partial charge in [-0.25, -0.2) is 9.78 Å². The Morgan fingerprint density at radius 1 is 1.04 bits per heavy atom. The molecule has 27 heavy (non-hydrogen) atoms. The summed E-state index contributed by atoms with van der Waals surface area (Å²) >= 11 is 0. The zero-order valence-electron chi connectivity index (χ0n) is 15.0. The molecule has 0 radical (unpaired) electrons. The second-order valence-corrected chi connectivity index (χ2v) is 6.43. The number of amides is 2. The number of aromatic nitrogens is 2. The van der Waals surface area contributed by atoms with Crippen molar-refractivity contribution in [1.82, 2.24) is 14.7 Å². The average Bonchev–Trinajstić information content (AvgIpc) is 3.15. The summed E-state index contributed by atoms with van der Waals surface area (Å²) in [4.78, 5) is 16.5. The van der Waals surface area contributed by atoms with Crippen LogP contribution in [0.1, 0.15) is 11.1 Å². The van der Waals surface area contributed by atoms with Gasteiger partial charge in [0.05, 0.1) is 0 Å². The fraction of sp³-hybridized carbons (Fsp3) is 0.0909. The predicted octanol–water partition coefficient (Wildman–Crippen LogP) is 4.63. The highest BCUT2D eigenvalue weighted by atomic mass is 16.2. The topological polar surface area (TPSA) is 58.4 Å². The zero-order valence-corrected chi connectivity index (χ0v) is 15.0. The molecule has 0 unspecified atom stereocenters. The number of nitrogens with zero attached hydrogens (tertiary/aromatic N) is 2. The summed E-state index contributed by atoms with van der Waals surface area (Å²) in [6.07, 6.45) is 5.57. The molecule has 4 rings (SSSR count). The van der Waals surface area contributed by atoms with Crippen LogP contribution in [0, 0.1) is 6.92 Å². The van der Waals surface area contributed by atoms with Crippen LogP contribution in [-0.2, 0) is 6.54 Å². The van der Waals surface area contributed by atoms with Crippen LogP contribution in [0.5, 0.6) is 0 Å². The lowest BCUT2D eigenvalue weighted by Crippen LogP contribution is -2.28. The van der Waals surface area contributed by atoms with E-state index in [-0.39, 0.29) is 6.03 Å². The minimum Gasteiger partial charge on any atom is -0.334 e. The van der Waals surface area contributed by atoms with Gasteiger partial charge in [-0.2, -0.15) is 0 Å². The smallest absolute Gasteiger partial charge is 0.319 e. The highest BCUT2D eigenvalue weighted by Gasteiger charge is 2.06. The summed E-state index contributed by atoms with van der Waals surface area (Å²) in [6.45, 7) is 2.49. The first-order valence-corrected chi connectivity index (χ1v) is 8.81. The molecule has 5 heteroatoms. The Kier molecular flexibility index (Phi) is 4.58. The van der Waals surface area contributed by atoms with E-state index in [0.29, 0.717) is 6.54 Å². The number of benzene rings is 2. The number of rotatable bonds is 4. The van der Waals surface area contributed by atoms with Crippen molar-refractivity contribution in [2.24, 2.45) is 0 Å². The Bertz CT molecular complexity index is 1090. The molecule has 2 heterocycles. The second-order valence-electron chi connectivity index (χ2n) is 6.43. The van der Waals surface area contributed by atoms with E-state index in [4.69, 9.17) is 0 Å². The Hall–Kier alpha value is -3.60. The van der Waals surface area contributed by atoms with Crippen molar-refractivity contribution in [2.45, 2.75) is 13.5 Å². The van der Waals surface area contributed by atoms with E-state index in [2.05, 4.69) is 27.8 Å². The Morgan fingerprint density at radius 3 is 2.70 bits per heavy atom. The number of anilines is 1. The van der Waals surface area contributed by atoms with E-state index in [1.165, 1.54) is 5.56 Å². The lowest BCUT2D eigenvalue weighted by atomic mass is 10.0. The zero-order chi connectivity index (χ0) is 18.6. The van der Waals surface area contributed by atoms with Gasteiger partial charge in [-0.3, -0.25) is 0 Å². The number of imidazole rings is 1. The normalized spacial score (nSPS) is 10.7. The van der Waals surface area contributed by atoms with E-state index in [1.807, 2.05) is 72.2 Å². The molecular weight excluding hydrogens is 336 g/mol. The van der Waals surface area contributed by atoms with Gasteiger partial charge >= 0.3 is 6.03 Å². The third-order valence-electron chi connectivity index (χ3n) is 4.48. The van der Waals surface area contributed by atoms with Gasteiger partial charge in [-0.15, -0.1) is 0 Å². The van der Waals surface area contributed by atoms with Gasteiger partial charge in [-0.05, 0) is 53.4 Å². The van der Waals surface area contributed by atoms with Crippen LogP contribution in [0.15, 0.2) is 79.3 Å². The number of hydrogen-bond acceptors (Lipinski definition) is 2. The lowest BCUT2D eigenvalue weighted by molar-refractivity contribution is 0.251. The number of nitrogens with one attached hydrogen (secondary N) is 2. The monoisotopic (exact) mass is 356 g/mol. The number of pyridine rings is 1. The minimum absolute atomic E-state index is 0.231. The number of hydrogen-bond donors (Lipinski definition) is 2. The van der Waals surface area contributed by atoms with E-state index in [1.54, 1.807) is 6.20 Å². The van der Waals surface area contributed by atoms with Gasteiger partial charge in [0.15, 0.2) is 0 Å². The minimum atomic E-state index is -0.231. The third-order valence-corrected chi connectivity index (χ3v) is 4.48. The number of carbonyl (C=O) groups excluding carboxylic acids is 1. The number of urea groups is 1. The van der Waals surface area contributed by atoms with Crippen LogP contribution >= 0.6 is 0 Å². The molecule has 0 aliphatic heterocycles.